The molecule has 6 heteroatoms. The van der Waals surface area contributed by atoms with Gasteiger partial charge in [-0.25, -0.2) is 4.89 Å². The molecular weight excluding hydrogens is 178 g/mol. The highest BCUT2D eigenvalue weighted by Crippen LogP contribution is 2.18. The van der Waals surface area contributed by atoms with E-state index in [1.165, 1.54) is 0 Å². The summed E-state index contributed by atoms with van der Waals surface area (Å²) in [6.45, 7) is 0. The normalized spacial score (nSPS) is 12.0. The van der Waals surface area contributed by atoms with E-state index in [1.54, 1.807) is 0 Å². The zero-order valence-corrected chi connectivity index (χ0v) is 6.46. The maximum Gasteiger partial charge on any atom is 0.369 e. The molecule has 0 aliphatic carbocycles. The van der Waals surface area contributed by atoms with Crippen LogP contribution in [0.25, 0.3) is 0 Å². The second-order valence-electron chi connectivity index (χ2n) is 0.889. The fourth-order valence-electron chi connectivity index (χ4n) is 0.0732. The standard InChI is InChI=1S/CH3Cl3O2Si/c2-7(3,4)1-6-5/h5H,1H2. The lowest BCUT2D eigenvalue weighted by Crippen LogP contribution is -2.17. The quantitative estimate of drug-likeness (QED) is 0.304. The van der Waals surface area contributed by atoms with Gasteiger partial charge < -0.3 is 0 Å². The first kappa shape index (κ1) is 8.01. The van der Waals surface area contributed by atoms with E-state index in [-0.39, 0.29) is 6.23 Å². The topological polar surface area (TPSA) is 29.5 Å². The van der Waals surface area contributed by atoms with Crippen molar-refractivity contribution >= 4 is 39.2 Å². The van der Waals surface area contributed by atoms with Crippen molar-refractivity contribution in [1.82, 2.24) is 0 Å². The third-order valence-electron chi connectivity index (χ3n) is 0.228. The van der Waals surface area contributed by atoms with Gasteiger partial charge in [-0.1, -0.05) is 0 Å². The molecule has 2 nitrogen and oxygen atoms in total. The van der Waals surface area contributed by atoms with Crippen LogP contribution in [0, 0.1) is 0 Å². The van der Waals surface area contributed by atoms with Crippen LogP contribution in [0.2, 0.25) is 0 Å². The Morgan fingerprint density at radius 1 is 1.43 bits per heavy atom. The molecule has 0 saturated heterocycles. The number of hydrogen-bond donors (Lipinski definition) is 1. The summed E-state index contributed by atoms with van der Waals surface area (Å²) >= 11 is 15.7. The molecule has 0 saturated carbocycles. The Morgan fingerprint density at radius 2 is 1.86 bits per heavy atom. The minimum Gasteiger partial charge on any atom is -0.252 e. The SMILES string of the molecule is OOC[Si](Cl)(Cl)Cl. The lowest BCUT2D eigenvalue weighted by molar-refractivity contribution is -0.225. The number of halogens is 3. The molecule has 0 aromatic heterocycles. The average Bonchev–Trinajstić information content (AvgIpc) is 1.30. The highest BCUT2D eigenvalue weighted by Gasteiger charge is 2.25. The molecule has 0 bridgehead atoms. The summed E-state index contributed by atoms with van der Waals surface area (Å²) in [5.41, 5.74) is 0. The van der Waals surface area contributed by atoms with Crippen molar-refractivity contribution in [2.45, 2.75) is 0 Å². The van der Waals surface area contributed by atoms with Crippen LogP contribution < -0.4 is 0 Å². The van der Waals surface area contributed by atoms with Gasteiger partial charge in [0.2, 0.25) is 0 Å². The lowest BCUT2D eigenvalue weighted by atomic mass is 11.7. The molecule has 0 spiro atoms. The second kappa shape index (κ2) is 3.12. The highest BCUT2D eigenvalue weighted by atomic mass is 35.8. The van der Waals surface area contributed by atoms with Gasteiger partial charge in [-0.05, 0) is 0 Å². The molecule has 1 N–H and O–H groups in total. The van der Waals surface area contributed by atoms with Gasteiger partial charge in [0, 0.05) is 0 Å². The maximum absolute atomic E-state index is 7.68. The van der Waals surface area contributed by atoms with Crippen LogP contribution in [0.5, 0.6) is 0 Å². The molecule has 0 aliphatic heterocycles. The molecular formula is CH3Cl3O2Si. The van der Waals surface area contributed by atoms with Gasteiger partial charge in [0.05, 0.1) is 0 Å². The summed E-state index contributed by atoms with van der Waals surface area (Å²) < 4.78 is 0. The molecule has 0 rings (SSSR count). The van der Waals surface area contributed by atoms with E-state index in [4.69, 9.17) is 38.5 Å². The summed E-state index contributed by atoms with van der Waals surface area (Å²) in [6, 6.07) is -2.71. The van der Waals surface area contributed by atoms with E-state index in [0.717, 1.165) is 0 Å². The molecule has 0 amide bonds. The van der Waals surface area contributed by atoms with E-state index in [1.807, 2.05) is 0 Å². The second-order valence-corrected chi connectivity index (χ2v) is 9.96. The summed E-state index contributed by atoms with van der Waals surface area (Å²) in [6.07, 6.45) is -0.169. The maximum atomic E-state index is 7.68. The minimum atomic E-state index is -2.71. The molecule has 0 radical (unpaired) electrons. The van der Waals surface area contributed by atoms with Crippen LogP contribution in [0.15, 0.2) is 0 Å². The summed E-state index contributed by atoms with van der Waals surface area (Å²) in [5, 5.41) is 7.68. The van der Waals surface area contributed by atoms with Crippen LogP contribution in [0.4, 0.5) is 0 Å². The van der Waals surface area contributed by atoms with Crippen LogP contribution in [0.3, 0.4) is 0 Å². The number of rotatable bonds is 2. The molecule has 0 aromatic rings. The van der Waals surface area contributed by atoms with Crippen LogP contribution in [-0.2, 0) is 4.89 Å². The summed E-state index contributed by atoms with van der Waals surface area (Å²) in [7, 11) is 0. The smallest absolute Gasteiger partial charge is 0.252 e. The van der Waals surface area contributed by atoms with Gasteiger partial charge in [0.1, 0.15) is 6.23 Å². The fraction of sp³-hybridized carbons (Fsp3) is 1.00. The van der Waals surface area contributed by atoms with Gasteiger partial charge in [-0.15, -0.1) is 33.2 Å². The molecule has 0 aliphatic rings. The van der Waals surface area contributed by atoms with Crippen molar-refractivity contribution in [1.29, 1.82) is 0 Å². The summed E-state index contributed by atoms with van der Waals surface area (Å²) in [4.78, 5) is 3.57. The Labute approximate surface area is 56.0 Å². The number of hydrogen-bond acceptors (Lipinski definition) is 2. The van der Waals surface area contributed by atoms with E-state index >= 15 is 0 Å². The molecule has 0 unspecified atom stereocenters. The predicted octanol–water partition coefficient (Wildman–Crippen LogP) is 1.67. The van der Waals surface area contributed by atoms with Gasteiger partial charge in [0.15, 0.2) is 0 Å². The zero-order chi connectivity index (χ0) is 5.91. The van der Waals surface area contributed by atoms with E-state index in [9.17, 15) is 0 Å². The largest absolute Gasteiger partial charge is 0.369 e. The van der Waals surface area contributed by atoms with E-state index in [2.05, 4.69) is 4.89 Å². The highest BCUT2D eigenvalue weighted by molar-refractivity contribution is 7.64. The van der Waals surface area contributed by atoms with Crippen molar-refractivity contribution < 1.29 is 10.1 Å². The average molecular weight is 181 g/mol. The van der Waals surface area contributed by atoms with Crippen molar-refractivity contribution in [3.8, 4) is 0 Å². The predicted molar refractivity (Wildman–Crippen MR) is 31.9 cm³/mol. The molecule has 44 valence electrons. The molecule has 0 heterocycles. The van der Waals surface area contributed by atoms with Gasteiger partial charge in [-0.2, -0.15) is 0 Å². The zero-order valence-electron chi connectivity index (χ0n) is 3.20. The van der Waals surface area contributed by atoms with Gasteiger partial charge >= 0.3 is 6.00 Å². The molecule has 0 aromatic carbocycles. The Balaban J connectivity index is 3.15. The van der Waals surface area contributed by atoms with Crippen molar-refractivity contribution in [2.24, 2.45) is 0 Å². The van der Waals surface area contributed by atoms with Gasteiger partial charge in [-0.3, -0.25) is 5.26 Å². The Morgan fingerprint density at radius 3 is 1.86 bits per heavy atom. The third-order valence-corrected chi connectivity index (χ3v) is 1.67. The van der Waals surface area contributed by atoms with Crippen LogP contribution in [0.1, 0.15) is 0 Å². The monoisotopic (exact) mass is 180 g/mol. The van der Waals surface area contributed by atoms with Crippen molar-refractivity contribution in [2.75, 3.05) is 6.23 Å². The van der Waals surface area contributed by atoms with E-state index < -0.39 is 6.00 Å². The lowest BCUT2D eigenvalue weighted by Gasteiger charge is -2.00. The first-order valence-electron chi connectivity index (χ1n) is 1.39. The minimum absolute atomic E-state index is 0.169. The Bertz CT molecular complexity index is 51.4. The van der Waals surface area contributed by atoms with Gasteiger partial charge in [0.25, 0.3) is 0 Å². The third kappa shape index (κ3) is 7.01. The van der Waals surface area contributed by atoms with Crippen LogP contribution >= 0.6 is 33.2 Å². The van der Waals surface area contributed by atoms with Crippen LogP contribution in [-0.4, -0.2) is 17.5 Å². The van der Waals surface area contributed by atoms with E-state index in [0.29, 0.717) is 0 Å². The van der Waals surface area contributed by atoms with Crippen molar-refractivity contribution in [3.05, 3.63) is 0 Å². The summed E-state index contributed by atoms with van der Waals surface area (Å²) in [5.74, 6) is 0. The molecule has 0 atom stereocenters. The first-order valence-corrected chi connectivity index (χ1v) is 6.63. The first-order chi connectivity index (χ1) is 3.06. The molecule has 0 fully saturated rings. The molecule has 7 heavy (non-hydrogen) atoms. The fourth-order valence-corrected chi connectivity index (χ4v) is 0.659. The van der Waals surface area contributed by atoms with Crippen molar-refractivity contribution in [3.63, 3.8) is 0 Å². The Hall–Kier alpha value is 1.01. The Kier molecular flexibility index (Phi) is 3.56.